The van der Waals surface area contributed by atoms with Gasteiger partial charge in [0, 0.05) is 36.4 Å². The minimum atomic E-state index is -0.291. The third-order valence-corrected chi connectivity index (χ3v) is 4.50. The molecule has 1 amide bonds. The normalized spacial score (nSPS) is 10.8. The topological polar surface area (TPSA) is 90.1 Å². The van der Waals surface area contributed by atoms with Crippen LogP contribution in [-0.2, 0) is 13.0 Å². The molecule has 1 aromatic carbocycles. The molecular weight excluding hydrogens is 368 g/mol. The minimum Gasteiger partial charge on any atom is -0.482 e. The van der Waals surface area contributed by atoms with Crippen molar-refractivity contribution in [3.63, 3.8) is 0 Å². The summed E-state index contributed by atoms with van der Waals surface area (Å²) in [5, 5.41) is 3.82. The molecular formula is C22H20N4O3. The molecule has 1 N–H and O–H groups in total. The second-order valence-corrected chi connectivity index (χ2v) is 6.52. The number of aryl methyl sites for hydroxylation is 1. The number of carbonyl (C=O) groups is 1. The van der Waals surface area contributed by atoms with Crippen molar-refractivity contribution in [2.24, 2.45) is 0 Å². The van der Waals surface area contributed by atoms with Crippen molar-refractivity contribution in [3.8, 4) is 5.75 Å². The lowest BCUT2D eigenvalue weighted by Crippen LogP contribution is -2.26. The number of hydrogen-bond acceptors (Lipinski definition) is 6. The minimum absolute atomic E-state index is 0.107. The number of carbonyl (C=O) groups excluding carboxylic acids is 1. The van der Waals surface area contributed by atoms with Crippen molar-refractivity contribution in [3.05, 3.63) is 84.0 Å². The Balaban J connectivity index is 1.33. The first-order valence-electron chi connectivity index (χ1n) is 9.30. The van der Waals surface area contributed by atoms with Crippen LogP contribution in [0, 0.1) is 6.92 Å². The zero-order valence-electron chi connectivity index (χ0n) is 16.0. The average Bonchev–Trinajstić information content (AvgIpc) is 3.23. The van der Waals surface area contributed by atoms with E-state index in [0.29, 0.717) is 24.6 Å². The molecule has 0 atom stereocenters. The Morgan fingerprint density at radius 3 is 2.83 bits per heavy atom. The second kappa shape index (κ2) is 8.52. The summed E-state index contributed by atoms with van der Waals surface area (Å²) in [6.07, 6.45) is 5.45. The lowest BCUT2D eigenvalue weighted by atomic mass is 10.1. The van der Waals surface area contributed by atoms with Gasteiger partial charge in [-0.3, -0.25) is 14.8 Å². The van der Waals surface area contributed by atoms with Crippen molar-refractivity contribution in [1.29, 1.82) is 0 Å². The van der Waals surface area contributed by atoms with Crippen LogP contribution in [0.4, 0.5) is 0 Å². The molecule has 0 spiro atoms. The highest BCUT2D eigenvalue weighted by Gasteiger charge is 2.13. The zero-order valence-corrected chi connectivity index (χ0v) is 16.0. The van der Waals surface area contributed by atoms with Gasteiger partial charge in [-0.15, -0.1) is 0 Å². The highest BCUT2D eigenvalue weighted by Crippen LogP contribution is 2.23. The number of oxazole rings is 1. The lowest BCUT2D eigenvalue weighted by molar-refractivity contribution is 0.0949. The Morgan fingerprint density at radius 2 is 1.93 bits per heavy atom. The zero-order chi connectivity index (χ0) is 20.1. The standard InChI is InChI=1S/C22H20N4O3/c1-15-5-3-10-23-17(15)9-12-25-22(27)18-13-29-20(26-18)14-28-19-8-2-6-16-7-4-11-24-21(16)19/h2-8,10-11,13H,9,12,14H2,1H3,(H,25,27). The van der Waals surface area contributed by atoms with E-state index in [1.54, 1.807) is 12.4 Å². The van der Waals surface area contributed by atoms with E-state index in [1.807, 2.05) is 49.4 Å². The predicted octanol–water partition coefficient (Wildman–Crippen LogP) is 3.48. The Bertz CT molecular complexity index is 1130. The molecule has 3 aromatic heterocycles. The highest BCUT2D eigenvalue weighted by molar-refractivity contribution is 5.91. The van der Waals surface area contributed by atoms with Crippen molar-refractivity contribution < 1.29 is 13.9 Å². The molecule has 0 unspecified atom stereocenters. The van der Waals surface area contributed by atoms with Crippen LogP contribution in [0.2, 0.25) is 0 Å². The maximum Gasteiger partial charge on any atom is 0.273 e. The molecule has 4 aromatic rings. The molecule has 0 saturated carbocycles. The first kappa shape index (κ1) is 18.6. The predicted molar refractivity (Wildman–Crippen MR) is 108 cm³/mol. The van der Waals surface area contributed by atoms with E-state index < -0.39 is 0 Å². The number of benzene rings is 1. The molecule has 146 valence electrons. The first-order valence-corrected chi connectivity index (χ1v) is 9.30. The van der Waals surface area contributed by atoms with Crippen LogP contribution >= 0.6 is 0 Å². The van der Waals surface area contributed by atoms with Crippen molar-refractivity contribution in [2.75, 3.05) is 6.54 Å². The Morgan fingerprint density at radius 1 is 1.10 bits per heavy atom. The number of nitrogens with one attached hydrogen (secondary N) is 1. The number of rotatable bonds is 7. The van der Waals surface area contributed by atoms with Gasteiger partial charge in [0.05, 0.1) is 0 Å². The Kier molecular flexibility index (Phi) is 5.47. The van der Waals surface area contributed by atoms with Gasteiger partial charge in [-0.05, 0) is 30.7 Å². The van der Waals surface area contributed by atoms with Crippen LogP contribution in [0.15, 0.2) is 65.5 Å². The summed E-state index contributed by atoms with van der Waals surface area (Å²) in [5.41, 5.74) is 3.05. The molecule has 4 rings (SSSR count). The van der Waals surface area contributed by atoms with Gasteiger partial charge in [0.2, 0.25) is 5.89 Å². The van der Waals surface area contributed by atoms with Crippen LogP contribution in [0.1, 0.15) is 27.6 Å². The van der Waals surface area contributed by atoms with Gasteiger partial charge in [0.1, 0.15) is 17.5 Å². The average molecular weight is 388 g/mol. The Labute approximate surface area is 167 Å². The summed E-state index contributed by atoms with van der Waals surface area (Å²) in [6, 6.07) is 13.4. The summed E-state index contributed by atoms with van der Waals surface area (Å²) < 4.78 is 11.2. The maximum atomic E-state index is 12.3. The quantitative estimate of drug-likeness (QED) is 0.521. The number of pyridine rings is 2. The molecule has 0 bridgehead atoms. The fraction of sp³-hybridized carbons (Fsp3) is 0.182. The smallest absolute Gasteiger partial charge is 0.273 e. The summed E-state index contributed by atoms with van der Waals surface area (Å²) in [4.78, 5) is 25.2. The van der Waals surface area contributed by atoms with Gasteiger partial charge >= 0.3 is 0 Å². The van der Waals surface area contributed by atoms with Crippen LogP contribution < -0.4 is 10.1 Å². The first-order chi connectivity index (χ1) is 14.2. The van der Waals surface area contributed by atoms with E-state index in [-0.39, 0.29) is 18.2 Å². The van der Waals surface area contributed by atoms with E-state index in [4.69, 9.17) is 9.15 Å². The van der Waals surface area contributed by atoms with Crippen LogP contribution in [-0.4, -0.2) is 27.4 Å². The summed E-state index contributed by atoms with van der Waals surface area (Å²) in [7, 11) is 0. The largest absolute Gasteiger partial charge is 0.482 e. The fourth-order valence-corrected chi connectivity index (χ4v) is 2.98. The Hall–Kier alpha value is -3.74. The summed E-state index contributed by atoms with van der Waals surface area (Å²) >= 11 is 0. The van der Waals surface area contributed by atoms with Gasteiger partial charge in [0.15, 0.2) is 12.3 Å². The molecule has 0 aliphatic rings. The van der Waals surface area contributed by atoms with E-state index in [2.05, 4.69) is 20.3 Å². The maximum absolute atomic E-state index is 12.3. The van der Waals surface area contributed by atoms with Gasteiger partial charge in [-0.1, -0.05) is 24.3 Å². The van der Waals surface area contributed by atoms with Gasteiger partial charge < -0.3 is 14.5 Å². The SMILES string of the molecule is Cc1cccnc1CCNC(=O)c1coc(COc2cccc3cccnc23)n1. The number of nitrogens with zero attached hydrogens (tertiary/aromatic N) is 3. The van der Waals surface area contributed by atoms with Gasteiger partial charge in [0.25, 0.3) is 5.91 Å². The van der Waals surface area contributed by atoms with E-state index in [0.717, 1.165) is 22.2 Å². The second-order valence-electron chi connectivity index (χ2n) is 6.52. The van der Waals surface area contributed by atoms with Crippen molar-refractivity contribution in [2.45, 2.75) is 20.0 Å². The molecule has 0 fully saturated rings. The van der Waals surface area contributed by atoms with Crippen molar-refractivity contribution in [1.82, 2.24) is 20.3 Å². The van der Waals surface area contributed by atoms with E-state index >= 15 is 0 Å². The summed E-state index contributed by atoms with van der Waals surface area (Å²) in [6.45, 7) is 2.58. The lowest BCUT2D eigenvalue weighted by Gasteiger charge is -2.06. The molecule has 7 heteroatoms. The number of para-hydroxylation sites is 1. The highest BCUT2D eigenvalue weighted by atomic mass is 16.5. The fourth-order valence-electron chi connectivity index (χ4n) is 2.98. The third-order valence-electron chi connectivity index (χ3n) is 4.50. The molecule has 0 radical (unpaired) electrons. The molecule has 0 aliphatic heterocycles. The number of aromatic nitrogens is 3. The third kappa shape index (κ3) is 4.40. The molecule has 29 heavy (non-hydrogen) atoms. The van der Waals surface area contributed by atoms with E-state index in [9.17, 15) is 4.79 Å². The molecule has 3 heterocycles. The van der Waals surface area contributed by atoms with Crippen LogP contribution in [0.5, 0.6) is 5.75 Å². The van der Waals surface area contributed by atoms with Crippen LogP contribution in [0.25, 0.3) is 10.9 Å². The molecule has 7 nitrogen and oxygen atoms in total. The van der Waals surface area contributed by atoms with E-state index in [1.165, 1.54) is 6.26 Å². The monoisotopic (exact) mass is 388 g/mol. The van der Waals surface area contributed by atoms with Gasteiger partial charge in [-0.25, -0.2) is 4.98 Å². The van der Waals surface area contributed by atoms with Crippen molar-refractivity contribution >= 4 is 16.8 Å². The number of ether oxygens (including phenoxy) is 1. The summed E-state index contributed by atoms with van der Waals surface area (Å²) in [5.74, 6) is 0.669. The van der Waals surface area contributed by atoms with Crippen LogP contribution in [0.3, 0.4) is 0 Å². The molecule has 0 aliphatic carbocycles. The molecule has 0 saturated heterocycles. The number of fused-ring (bicyclic) bond motifs is 1. The number of hydrogen-bond donors (Lipinski definition) is 1. The number of amides is 1. The van der Waals surface area contributed by atoms with Gasteiger partial charge in [-0.2, -0.15) is 0 Å².